The molecule has 0 aliphatic carbocycles. The van der Waals surface area contributed by atoms with Crippen LogP contribution in [0.25, 0.3) is 0 Å². The number of carbonyl (C=O) groups excluding carboxylic acids is 1. The first-order valence-electron chi connectivity index (χ1n) is 6.38. The predicted octanol–water partition coefficient (Wildman–Crippen LogP) is 2.98. The lowest BCUT2D eigenvalue weighted by Gasteiger charge is -2.24. The number of amidine groups is 1. The molecule has 0 saturated carbocycles. The van der Waals surface area contributed by atoms with Crippen LogP contribution in [0, 0.1) is 0 Å². The minimum absolute atomic E-state index is 0.635. The van der Waals surface area contributed by atoms with E-state index in [1.807, 2.05) is 5.32 Å². The van der Waals surface area contributed by atoms with Crippen LogP contribution in [0.5, 0.6) is 0 Å². The summed E-state index contributed by atoms with van der Waals surface area (Å²) in [6, 6.07) is -1.44. The van der Waals surface area contributed by atoms with Crippen molar-refractivity contribution in [2.45, 2.75) is 58.5 Å². The van der Waals surface area contributed by atoms with Gasteiger partial charge in [-0.05, 0) is 40.8 Å². The lowest BCUT2D eigenvalue weighted by atomic mass is 10.2. The molecular weight excluding hydrogens is 287 g/mol. The monoisotopic (exact) mass is 309 g/mol. The molecular formula is C13H22F3N3O2. The summed E-state index contributed by atoms with van der Waals surface area (Å²) in [5.41, 5.74) is -0.683. The van der Waals surface area contributed by atoms with Crippen molar-refractivity contribution in [2.24, 2.45) is 4.99 Å². The second kappa shape index (κ2) is 7.33. The smallest absolute Gasteiger partial charge is 0.444 e. The highest BCUT2D eigenvalue weighted by atomic mass is 19.4. The Morgan fingerprint density at radius 3 is 2.19 bits per heavy atom. The molecule has 8 heteroatoms. The summed E-state index contributed by atoms with van der Waals surface area (Å²) in [4.78, 5) is 15.1. The van der Waals surface area contributed by atoms with Crippen molar-refractivity contribution in [3.8, 4) is 0 Å². The molecule has 5 nitrogen and oxygen atoms in total. The van der Waals surface area contributed by atoms with Crippen molar-refractivity contribution in [1.29, 1.82) is 0 Å². The normalized spacial score (nSPS) is 15.9. The molecule has 0 aromatic rings. The third-order valence-corrected chi connectivity index (χ3v) is 2.31. The minimum Gasteiger partial charge on any atom is -0.444 e. The van der Waals surface area contributed by atoms with Gasteiger partial charge < -0.3 is 15.4 Å². The van der Waals surface area contributed by atoms with Gasteiger partial charge in [-0.15, -0.1) is 0 Å². The van der Waals surface area contributed by atoms with Gasteiger partial charge >= 0.3 is 12.3 Å². The van der Waals surface area contributed by atoms with E-state index in [0.29, 0.717) is 0 Å². The molecule has 0 aliphatic heterocycles. The van der Waals surface area contributed by atoms with Crippen molar-refractivity contribution in [1.82, 2.24) is 10.6 Å². The van der Waals surface area contributed by atoms with Gasteiger partial charge in [-0.25, -0.2) is 4.79 Å². The number of alkyl carbamates (subject to hydrolysis) is 1. The molecule has 0 rings (SSSR count). The number of alkyl halides is 3. The van der Waals surface area contributed by atoms with E-state index in [1.54, 1.807) is 27.7 Å². The van der Waals surface area contributed by atoms with E-state index in [2.05, 4.69) is 16.9 Å². The van der Waals surface area contributed by atoms with Crippen LogP contribution in [0.15, 0.2) is 17.8 Å². The Morgan fingerprint density at radius 2 is 1.81 bits per heavy atom. The van der Waals surface area contributed by atoms with Crippen molar-refractivity contribution >= 4 is 11.9 Å². The third kappa shape index (κ3) is 8.21. The van der Waals surface area contributed by atoms with Gasteiger partial charge in [0, 0.05) is 0 Å². The number of halogens is 3. The van der Waals surface area contributed by atoms with Gasteiger partial charge in [0.05, 0.1) is 12.1 Å². The lowest BCUT2D eigenvalue weighted by Crippen LogP contribution is -2.44. The fraction of sp³-hybridized carbons (Fsp3) is 0.692. The number of amides is 1. The van der Waals surface area contributed by atoms with Gasteiger partial charge in [0.15, 0.2) is 0 Å². The van der Waals surface area contributed by atoms with Crippen LogP contribution < -0.4 is 10.6 Å². The molecule has 0 fully saturated rings. The summed E-state index contributed by atoms with van der Waals surface area (Å²) in [5, 5.41) is 4.39. The van der Waals surface area contributed by atoms with Gasteiger partial charge in [-0.1, -0.05) is 6.58 Å². The lowest BCUT2D eigenvalue weighted by molar-refractivity contribution is -0.0616. The van der Waals surface area contributed by atoms with Gasteiger partial charge in [0.1, 0.15) is 5.60 Å². The first-order valence-corrected chi connectivity index (χ1v) is 6.38. The predicted molar refractivity (Wildman–Crippen MR) is 75.1 cm³/mol. The highest BCUT2D eigenvalue weighted by Crippen LogP contribution is 2.17. The maximum absolute atomic E-state index is 12.7. The molecule has 1 amide bonds. The Morgan fingerprint density at radius 1 is 1.29 bits per heavy atom. The second-order valence-electron chi connectivity index (χ2n) is 5.50. The molecule has 0 heterocycles. The van der Waals surface area contributed by atoms with Crippen molar-refractivity contribution in [3.05, 3.63) is 12.8 Å². The average Bonchev–Trinajstić information content (AvgIpc) is 2.23. The van der Waals surface area contributed by atoms with E-state index in [0.717, 1.165) is 6.20 Å². The molecule has 0 aromatic carbocycles. The quantitative estimate of drug-likeness (QED) is 0.620. The van der Waals surface area contributed by atoms with Crippen LogP contribution in [0.1, 0.15) is 34.6 Å². The molecule has 0 aliphatic rings. The number of rotatable bonds is 4. The summed E-state index contributed by atoms with van der Waals surface area (Å²) in [5.74, 6) is -1.16. The number of hydrogen-bond donors (Lipinski definition) is 2. The first-order chi connectivity index (χ1) is 9.36. The number of carbonyl (C=O) groups is 1. The Kier molecular flexibility index (Phi) is 6.72. The molecule has 0 saturated heterocycles. The van der Waals surface area contributed by atoms with E-state index in [9.17, 15) is 18.0 Å². The summed E-state index contributed by atoms with van der Waals surface area (Å²) in [7, 11) is 0. The largest absolute Gasteiger partial charge is 0.449 e. The van der Waals surface area contributed by atoms with Gasteiger partial charge in [-0.3, -0.25) is 4.99 Å². The Hall–Kier alpha value is -1.73. The van der Waals surface area contributed by atoms with Crippen LogP contribution in [0.4, 0.5) is 18.0 Å². The summed E-state index contributed by atoms with van der Waals surface area (Å²) in [6.45, 7) is 11.2. The van der Waals surface area contributed by atoms with Crippen LogP contribution in [-0.2, 0) is 4.74 Å². The standard InChI is InChI=1S/C13H22F3N3O2/c1-7-17-10(13(14,15)16)18-8(2)9(3)19-11(20)21-12(4,5)6/h7-9H,1H2,2-6H3,(H,17,18)(H,19,20)/t8?,9-/m1/s1. The maximum atomic E-state index is 12.7. The number of ether oxygens (including phenoxy) is 1. The molecule has 0 aromatic heterocycles. The maximum Gasteiger partial charge on any atom is 0.449 e. The van der Waals surface area contributed by atoms with Crippen molar-refractivity contribution in [3.63, 3.8) is 0 Å². The zero-order valence-electron chi connectivity index (χ0n) is 12.8. The molecule has 0 radical (unpaired) electrons. The number of nitrogens with one attached hydrogen (secondary N) is 2. The molecule has 2 atom stereocenters. The zero-order valence-corrected chi connectivity index (χ0v) is 12.8. The SMILES string of the molecule is C=CNC(=NC(C)[C@@H](C)NC(=O)OC(C)(C)C)C(F)(F)F. The van der Waals surface area contributed by atoms with Crippen LogP contribution in [0.3, 0.4) is 0 Å². The Bertz CT molecular complexity index is 400. The summed E-state index contributed by atoms with van der Waals surface area (Å²) >= 11 is 0. The number of nitrogens with zero attached hydrogens (tertiary/aromatic N) is 1. The fourth-order valence-corrected chi connectivity index (χ4v) is 1.22. The molecule has 122 valence electrons. The number of aliphatic imine (C=N–C) groups is 1. The van der Waals surface area contributed by atoms with E-state index < -0.39 is 35.8 Å². The first kappa shape index (κ1) is 19.3. The Labute approximate surface area is 122 Å². The minimum atomic E-state index is -4.62. The van der Waals surface area contributed by atoms with E-state index in [-0.39, 0.29) is 0 Å². The van der Waals surface area contributed by atoms with Crippen LogP contribution in [0.2, 0.25) is 0 Å². The molecule has 1 unspecified atom stereocenters. The van der Waals surface area contributed by atoms with Crippen LogP contribution in [-0.4, -0.2) is 35.8 Å². The van der Waals surface area contributed by atoms with Crippen LogP contribution >= 0.6 is 0 Å². The van der Waals surface area contributed by atoms with Gasteiger partial charge in [0.2, 0.25) is 5.84 Å². The molecule has 2 N–H and O–H groups in total. The van der Waals surface area contributed by atoms with Gasteiger partial charge in [0.25, 0.3) is 0 Å². The molecule has 0 spiro atoms. The van der Waals surface area contributed by atoms with E-state index in [4.69, 9.17) is 4.74 Å². The zero-order chi connectivity index (χ0) is 16.8. The summed E-state index contributed by atoms with van der Waals surface area (Å²) in [6.07, 6.45) is -4.43. The van der Waals surface area contributed by atoms with Crippen molar-refractivity contribution < 1.29 is 22.7 Å². The highest BCUT2D eigenvalue weighted by Gasteiger charge is 2.36. The third-order valence-electron chi connectivity index (χ3n) is 2.31. The fourth-order valence-electron chi connectivity index (χ4n) is 1.22. The Balaban J connectivity index is 4.79. The summed E-state index contributed by atoms with van der Waals surface area (Å²) < 4.78 is 43.0. The van der Waals surface area contributed by atoms with Gasteiger partial charge in [-0.2, -0.15) is 13.2 Å². The van der Waals surface area contributed by atoms with E-state index in [1.165, 1.54) is 6.92 Å². The molecule has 0 bridgehead atoms. The highest BCUT2D eigenvalue weighted by molar-refractivity contribution is 5.88. The number of hydrogen-bond acceptors (Lipinski definition) is 3. The molecule has 21 heavy (non-hydrogen) atoms. The van der Waals surface area contributed by atoms with Crippen molar-refractivity contribution in [2.75, 3.05) is 0 Å². The topological polar surface area (TPSA) is 62.7 Å². The van der Waals surface area contributed by atoms with E-state index >= 15 is 0 Å². The second-order valence-corrected chi connectivity index (χ2v) is 5.50. The average molecular weight is 309 g/mol.